The highest BCUT2D eigenvalue weighted by atomic mass is 19.4. The number of nitrogens with zero attached hydrogens (tertiary/aromatic N) is 2. The summed E-state index contributed by atoms with van der Waals surface area (Å²) in [5.41, 5.74) is 5.46. The molecule has 7 atom stereocenters. The SMILES string of the molecule is C[C@H](C(=O)O)C1C2CC3CC(C2)CC1C3.O=CC(F)(F)F.[C-]#[N+][C@@H]1C[C@@H]2CC2N1C(=O)[C@@H](N)C1C2CC3CC1CC(F)(C3)C2. The molecule has 0 aromatic carbocycles. The molecule has 0 spiro atoms. The van der Waals surface area contributed by atoms with Crippen molar-refractivity contribution < 1.29 is 37.1 Å². The molecule has 3 unspecified atom stereocenters. The van der Waals surface area contributed by atoms with Gasteiger partial charge in [0.25, 0.3) is 0 Å². The molecule has 8 bridgehead atoms. The highest BCUT2D eigenvalue weighted by Gasteiger charge is 2.62. The first-order valence-electron chi connectivity index (χ1n) is 16.6. The Balaban J connectivity index is 0.000000140. The van der Waals surface area contributed by atoms with Crippen LogP contribution in [0.2, 0.25) is 0 Å². The van der Waals surface area contributed by atoms with Gasteiger partial charge < -0.3 is 10.8 Å². The number of alkyl halides is 4. The van der Waals surface area contributed by atoms with Crippen LogP contribution in [-0.4, -0.2) is 58.3 Å². The minimum Gasteiger partial charge on any atom is -0.481 e. The Kier molecular flexibility index (Phi) is 8.33. The van der Waals surface area contributed by atoms with E-state index in [2.05, 4.69) is 4.85 Å². The third-order valence-corrected chi connectivity index (χ3v) is 12.9. The van der Waals surface area contributed by atoms with Gasteiger partial charge in [0.15, 0.2) is 0 Å². The molecule has 10 aliphatic rings. The van der Waals surface area contributed by atoms with E-state index in [1.165, 1.54) is 32.1 Å². The summed E-state index contributed by atoms with van der Waals surface area (Å²) >= 11 is 0. The van der Waals surface area contributed by atoms with Gasteiger partial charge in [0.1, 0.15) is 5.67 Å². The summed E-state index contributed by atoms with van der Waals surface area (Å²) in [4.78, 5) is 38.3. The van der Waals surface area contributed by atoms with E-state index in [4.69, 9.17) is 22.2 Å². The topological polar surface area (TPSA) is 105 Å². The Hall–Kier alpha value is -2.22. The van der Waals surface area contributed by atoms with E-state index in [-0.39, 0.29) is 41.8 Å². The molecule has 0 radical (unpaired) electrons. The molecule has 9 aliphatic carbocycles. The van der Waals surface area contributed by atoms with E-state index < -0.39 is 30.1 Å². The van der Waals surface area contributed by atoms with E-state index in [1.54, 1.807) is 4.90 Å². The Morgan fingerprint density at radius 1 is 0.886 bits per heavy atom. The lowest BCUT2D eigenvalue weighted by molar-refractivity contribution is -0.156. The molecule has 1 heterocycles. The lowest BCUT2D eigenvalue weighted by Crippen LogP contribution is -2.60. The van der Waals surface area contributed by atoms with Gasteiger partial charge >= 0.3 is 18.3 Å². The van der Waals surface area contributed by atoms with E-state index in [0.717, 1.165) is 55.8 Å². The first kappa shape index (κ1) is 31.7. The van der Waals surface area contributed by atoms with Crippen molar-refractivity contribution in [2.45, 2.75) is 114 Å². The van der Waals surface area contributed by atoms with Gasteiger partial charge in [-0.15, -0.1) is 0 Å². The normalized spacial score (nSPS) is 46.4. The molecule has 44 heavy (non-hydrogen) atoms. The average Bonchev–Trinajstić information content (AvgIpc) is 3.60. The van der Waals surface area contributed by atoms with Crippen LogP contribution in [0, 0.1) is 71.7 Å². The Labute approximate surface area is 256 Å². The second-order valence-corrected chi connectivity index (χ2v) is 15.7. The molecular weight excluding hydrogens is 578 g/mol. The average molecular weight is 624 g/mol. The number of halogens is 4. The molecule has 1 amide bonds. The second-order valence-electron chi connectivity index (χ2n) is 15.7. The van der Waals surface area contributed by atoms with Crippen LogP contribution in [0.15, 0.2) is 0 Å². The van der Waals surface area contributed by atoms with Gasteiger partial charge in [0, 0.05) is 12.5 Å². The highest BCUT2D eigenvalue weighted by Crippen LogP contribution is 2.61. The Bertz CT molecular complexity index is 1140. The number of likely N-dealkylation sites (tertiary alicyclic amines) is 1. The summed E-state index contributed by atoms with van der Waals surface area (Å²) in [6, 6.07) is -0.269. The standard InChI is InChI=1S/C18H24FN3O.C13H20O2.C2HF3O/c1-21-14-5-10-4-13(10)22(14)17(23)16(20)15-11-2-9-3-12(15)8-18(19,6-9)7-11;1-7(13(14)15)12-10-3-8-2-9(5-10)6-11(12)4-8;3-2(4,5)1-6/h9-16H,2-8,20H2;7-12H,2-6H2,1H3,(H,14,15);1H/t9?,10-,11?,12?,13?,14-,15?,16-,18?;7-,8?,9?,10?,11?,12?;/m00./s1. The summed E-state index contributed by atoms with van der Waals surface area (Å²) in [5.74, 6) is 4.87. The van der Waals surface area contributed by atoms with Crippen molar-refractivity contribution >= 4 is 18.2 Å². The predicted molar refractivity (Wildman–Crippen MR) is 152 cm³/mol. The third-order valence-electron chi connectivity index (χ3n) is 12.9. The van der Waals surface area contributed by atoms with Gasteiger partial charge in [0.05, 0.1) is 12.0 Å². The van der Waals surface area contributed by atoms with Crippen molar-refractivity contribution in [3.05, 3.63) is 11.4 Å². The summed E-state index contributed by atoms with van der Waals surface area (Å²) < 4.78 is 46.1. The van der Waals surface area contributed by atoms with Gasteiger partial charge in [-0.05, 0) is 130 Å². The van der Waals surface area contributed by atoms with E-state index in [1.807, 2.05) is 6.92 Å². The van der Waals surface area contributed by atoms with Crippen LogP contribution in [0.1, 0.15) is 84.0 Å². The van der Waals surface area contributed by atoms with Crippen LogP contribution in [0.3, 0.4) is 0 Å². The lowest BCUT2D eigenvalue weighted by Gasteiger charge is -2.58. The van der Waals surface area contributed by atoms with Gasteiger partial charge in [0.2, 0.25) is 12.2 Å². The quantitative estimate of drug-likeness (QED) is 0.232. The predicted octanol–water partition coefficient (Wildman–Crippen LogP) is 5.87. The van der Waals surface area contributed by atoms with Crippen molar-refractivity contribution in [3.8, 4) is 0 Å². The van der Waals surface area contributed by atoms with Crippen molar-refractivity contribution in [1.29, 1.82) is 0 Å². The molecule has 10 fully saturated rings. The third kappa shape index (κ3) is 6.01. The molecule has 3 N–H and O–H groups in total. The van der Waals surface area contributed by atoms with Crippen LogP contribution < -0.4 is 5.73 Å². The smallest absolute Gasteiger partial charge is 0.446 e. The van der Waals surface area contributed by atoms with Crippen molar-refractivity contribution in [2.24, 2.45) is 70.8 Å². The van der Waals surface area contributed by atoms with Gasteiger partial charge in [-0.1, -0.05) is 6.92 Å². The maximum atomic E-state index is 14.8. The first-order valence-corrected chi connectivity index (χ1v) is 16.6. The minimum atomic E-state index is -4.64. The Morgan fingerprint density at radius 2 is 1.41 bits per heavy atom. The summed E-state index contributed by atoms with van der Waals surface area (Å²) in [6.07, 6.45) is 6.64. The monoisotopic (exact) mass is 623 g/mol. The number of carbonyl (C=O) groups excluding carboxylic acids is 2. The molecule has 7 nitrogen and oxygen atoms in total. The zero-order chi connectivity index (χ0) is 31.7. The molecule has 11 heteroatoms. The minimum absolute atomic E-state index is 0.0265. The van der Waals surface area contributed by atoms with Gasteiger partial charge in [-0.2, -0.15) is 13.2 Å². The number of amides is 1. The highest BCUT2D eigenvalue weighted by molar-refractivity contribution is 5.83. The molecule has 10 rings (SSSR count). The maximum absolute atomic E-state index is 14.8. The number of nitrogens with two attached hydrogens (primary N) is 1. The number of carbonyl (C=O) groups is 3. The van der Waals surface area contributed by atoms with Crippen LogP contribution >= 0.6 is 0 Å². The fourth-order valence-electron chi connectivity index (χ4n) is 11.7. The largest absolute Gasteiger partial charge is 0.481 e. The molecule has 1 aliphatic heterocycles. The summed E-state index contributed by atoms with van der Waals surface area (Å²) in [6.45, 7) is 9.27. The summed E-state index contributed by atoms with van der Waals surface area (Å²) in [5, 5.41) is 9.17. The number of hydrogen-bond acceptors (Lipinski definition) is 4. The first-order chi connectivity index (χ1) is 20.7. The fraction of sp³-hybridized carbons (Fsp3) is 0.879. The van der Waals surface area contributed by atoms with Crippen LogP contribution in [-0.2, 0) is 14.4 Å². The van der Waals surface area contributed by atoms with E-state index in [0.29, 0.717) is 30.6 Å². The fourth-order valence-corrected chi connectivity index (χ4v) is 11.7. The second kappa shape index (κ2) is 11.5. The molecule has 1 saturated heterocycles. The number of carboxylic acids is 1. The number of aldehydes is 1. The Morgan fingerprint density at radius 3 is 1.86 bits per heavy atom. The lowest BCUT2D eigenvalue weighted by atomic mass is 9.49. The van der Waals surface area contributed by atoms with E-state index >= 15 is 0 Å². The van der Waals surface area contributed by atoms with Crippen molar-refractivity contribution in [3.63, 3.8) is 0 Å². The number of piperidine rings is 1. The molecular formula is C33H45F4N3O4. The molecule has 0 aromatic rings. The van der Waals surface area contributed by atoms with Crippen molar-refractivity contribution in [1.82, 2.24) is 4.90 Å². The van der Waals surface area contributed by atoms with Crippen LogP contribution in [0.4, 0.5) is 17.6 Å². The van der Waals surface area contributed by atoms with Gasteiger partial charge in [-0.25, -0.2) is 11.0 Å². The van der Waals surface area contributed by atoms with E-state index in [9.17, 15) is 27.2 Å². The van der Waals surface area contributed by atoms with Crippen molar-refractivity contribution in [2.75, 3.05) is 0 Å². The maximum Gasteiger partial charge on any atom is 0.446 e. The van der Waals surface area contributed by atoms with Gasteiger partial charge in [-0.3, -0.25) is 24.1 Å². The molecule has 244 valence electrons. The zero-order valence-electron chi connectivity index (χ0n) is 25.3. The zero-order valence-corrected chi connectivity index (χ0v) is 25.3. The molecule has 0 aromatic heterocycles. The summed E-state index contributed by atoms with van der Waals surface area (Å²) in [7, 11) is 0. The number of carboxylic acid groups (broad SMARTS) is 1. The number of fused-ring (bicyclic) bond motifs is 1. The van der Waals surface area contributed by atoms with Crippen LogP contribution in [0.5, 0.6) is 0 Å². The van der Waals surface area contributed by atoms with Crippen LogP contribution in [0.25, 0.3) is 4.85 Å². The number of hydrogen-bond donors (Lipinski definition) is 2. The molecule has 9 saturated carbocycles. The number of rotatable bonds is 4. The number of aliphatic carboxylic acids is 1.